The fourth-order valence-corrected chi connectivity index (χ4v) is 1.38. The van der Waals surface area contributed by atoms with E-state index >= 15 is 0 Å². The molecule has 0 spiro atoms. The first-order valence-electron chi connectivity index (χ1n) is 4.42. The van der Waals surface area contributed by atoms with Crippen LogP contribution in [0.5, 0.6) is 0 Å². The molecular weight excluding hydrogens is 170 g/mol. The van der Waals surface area contributed by atoms with Crippen molar-refractivity contribution < 1.29 is 9.26 Å². The van der Waals surface area contributed by atoms with Crippen LogP contribution in [-0.4, -0.2) is 29.3 Å². The second-order valence-electron chi connectivity index (χ2n) is 3.27. The summed E-state index contributed by atoms with van der Waals surface area (Å²) in [7, 11) is 0. The van der Waals surface area contributed by atoms with Crippen LogP contribution < -0.4 is 5.32 Å². The molecule has 1 aromatic heterocycles. The number of nitrogens with zero attached hydrogens (tertiary/aromatic N) is 2. The highest BCUT2D eigenvalue weighted by molar-refractivity contribution is 4.91. The molecule has 5 nitrogen and oxygen atoms in total. The van der Waals surface area contributed by atoms with Crippen LogP contribution in [0.2, 0.25) is 0 Å². The van der Waals surface area contributed by atoms with E-state index in [2.05, 4.69) is 15.5 Å². The molecular formula is C8H13N3O2. The standard InChI is InChI=1S/C8H13N3O2/c1-5-3-9-4-7(12-5)8-10-6(2)11-13-8/h5,7,9H,3-4H2,1-2H3/t5-,7-/m1/s1. The number of hydrogen-bond acceptors (Lipinski definition) is 5. The van der Waals surface area contributed by atoms with E-state index in [-0.39, 0.29) is 12.2 Å². The Balaban J connectivity index is 2.08. The lowest BCUT2D eigenvalue weighted by molar-refractivity contribution is -0.0438. The topological polar surface area (TPSA) is 60.2 Å². The number of aryl methyl sites for hydroxylation is 1. The molecule has 1 fully saturated rings. The number of aromatic nitrogens is 2. The summed E-state index contributed by atoms with van der Waals surface area (Å²) in [5, 5.41) is 6.96. The Morgan fingerprint density at radius 1 is 1.46 bits per heavy atom. The minimum absolute atomic E-state index is 0.0926. The van der Waals surface area contributed by atoms with Gasteiger partial charge >= 0.3 is 0 Å². The fraction of sp³-hybridized carbons (Fsp3) is 0.750. The Kier molecular flexibility index (Phi) is 2.28. The molecule has 2 heterocycles. The first-order valence-corrected chi connectivity index (χ1v) is 4.42. The maximum atomic E-state index is 5.63. The molecule has 13 heavy (non-hydrogen) atoms. The molecule has 0 aromatic carbocycles. The van der Waals surface area contributed by atoms with Gasteiger partial charge in [-0.3, -0.25) is 0 Å². The largest absolute Gasteiger partial charge is 0.363 e. The molecule has 1 saturated heterocycles. The first kappa shape index (κ1) is 8.65. The van der Waals surface area contributed by atoms with Crippen molar-refractivity contribution in [2.24, 2.45) is 0 Å². The van der Waals surface area contributed by atoms with Crippen LogP contribution in [-0.2, 0) is 4.74 Å². The van der Waals surface area contributed by atoms with Crippen molar-refractivity contribution in [1.82, 2.24) is 15.5 Å². The van der Waals surface area contributed by atoms with Gasteiger partial charge in [-0.1, -0.05) is 5.16 Å². The van der Waals surface area contributed by atoms with Gasteiger partial charge in [0.05, 0.1) is 6.10 Å². The van der Waals surface area contributed by atoms with Crippen molar-refractivity contribution in [3.63, 3.8) is 0 Å². The second kappa shape index (κ2) is 3.43. The molecule has 0 radical (unpaired) electrons. The summed E-state index contributed by atoms with van der Waals surface area (Å²) in [5.41, 5.74) is 0. The molecule has 1 N–H and O–H groups in total. The smallest absolute Gasteiger partial charge is 0.257 e. The van der Waals surface area contributed by atoms with Gasteiger partial charge in [-0.25, -0.2) is 0 Å². The molecule has 2 atom stereocenters. The predicted octanol–water partition coefficient (Wildman–Crippen LogP) is 0.427. The lowest BCUT2D eigenvalue weighted by Crippen LogP contribution is -2.39. The Morgan fingerprint density at radius 3 is 2.92 bits per heavy atom. The average molecular weight is 183 g/mol. The maximum Gasteiger partial charge on any atom is 0.257 e. The minimum Gasteiger partial charge on any atom is -0.363 e. The fourth-order valence-electron chi connectivity index (χ4n) is 1.38. The SMILES string of the molecule is Cc1noc([C@H]2CNC[C@@H](C)O2)n1. The lowest BCUT2D eigenvalue weighted by Gasteiger charge is -2.25. The first-order chi connectivity index (χ1) is 6.25. The van der Waals surface area contributed by atoms with Gasteiger partial charge in [-0.05, 0) is 13.8 Å². The molecule has 0 bridgehead atoms. The third-order valence-corrected chi connectivity index (χ3v) is 1.98. The van der Waals surface area contributed by atoms with Crippen LogP contribution in [0.15, 0.2) is 4.52 Å². The molecule has 1 aliphatic rings. The predicted molar refractivity (Wildman–Crippen MR) is 45.2 cm³/mol. The lowest BCUT2D eigenvalue weighted by atomic mass is 10.2. The highest BCUT2D eigenvalue weighted by Crippen LogP contribution is 2.18. The van der Waals surface area contributed by atoms with Gasteiger partial charge in [0, 0.05) is 13.1 Å². The third-order valence-electron chi connectivity index (χ3n) is 1.98. The van der Waals surface area contributed by atoms with Crippen LogP contribution >= 0.6 is 0 Å². The highest BCUT2D eigenvalue weighted by atomic mass is 16.5. The van der Waals surface area contributed by atoms with Gasteiger partial charge in [-0.2, -0.15) is 4.98 Å². The van der Waals surface area contributed by atoms with E-state index in [1.807, 2.05) is 6.92 Å². The van der Waals surface area contributed by atoms with Crippen LogP contribution in [0, 0.1) is 6.92 Å². The van der Waals surface area contributed by atoms with Gasteiger partial charge in [0.15, 0.2) is 5.82 Å². The summed E-state index contributed by atoms with van der Waals surface area (Å²) in [6.07, 6.45) is 0.107. The molecule has 72 valence electrons. The number of morpholine rings is 1. The summed E-state index contributed by atoms with van der Waals surface area (Å²) in [6.45, 7) is 5.44. The normalized spacial score (nSPS) is 29.1. The second-order valence-corrected chi connectivity index (χ2v) is 3.27. The Bertz CT molecular complexity index is 287. The van der Waals surface area contributed by atoms with E-state index in [4.69, 9.17) is 9.26 Å². The maximum absolute atomic E-state index is 5.63. The van der Waals surface area contributed by atoms with Crippen molar-refractivity contribution >= 4 is 0 Å². The zero-order chi connectivity index (χ0) is 9.26. The summed E-state index contributed by atoms with van der Waals surface area (Å²) in [6, 6.07) is 0. The summed E-state index contributed by atoms with van der Waals surface area (Å²) >= 11 is 0. The van der Waals surface area contributed by atoms with Crippen LogP contribution in [0.3, 0.4) is 0 Å². The van der Waals surface area contributed by atoms with Gasteiger partial charge in [0.25, 0.3) is 5.89 Å². The Morgan fingerprint density at radius 2 is 2.31 bits per heavy atom. The number of hydrogen-bond donors (Lipinski definition) is 1. The van der Waals surface area contributed by atoms with E-state index in [0.717, 1.165) is 13.1 Å². The summed E-state index contributed by atoms with van der Waals surface area (Å²) in [5.74, 6) is 1.22. The van der Waals surface area contributed by atoms with Crippen LogP contribution in [0.4, 0.5) is 0 Å². The van der Waals surface area contributed by atoms with Gasteiger partial charge in [0.2, 0.25) is 0 Å². The minimum atomic E-state index is -0.0926. The monoisotopic (exact) mass is 183 g/mol. The van der Waals surface area contributed by atoms with Crippen LogP contribution in [0.1, 0.15) is 24.7 Å². The average Bonchev–Trinajstić information content (AvgIpc) is 2.52. The molecule has 0 unspecified atom stereocenters. The Labute approximate surface area is 76.5 Å². The molecule has 1 aliphatic heterocycles. The zero-order valence-corrected chi connectivity index (χ0v) is 7.78. The summed E-state index contributed by atoms with van der Waals surface area (Å²) < 4.78 is 10.7. The van der Waals surface area contributed by atoms with E-state index in [0.29, 0.717) is 11.7 Å². The Hall–Kier alpha value is -0.940. The molecule has 0 saturated carbocycles. The van der Waals surface area contributed by atoms with E-state index in [1.165, 1.54) is 0 Å². The van der Waals surface area contributed by atoms with Gasteiger partial charge in [0.1, 0.15) is 6.10 Å². The molecule has 0 aliphatic carbocycles. The van der Waals surface area contributed by atoms with Gasteiger partial charge in [-0.15, -0.1) is 0 Å². The van der Waals surface area contributed by atoms with Crippen molar-refractivity contribution in [3.05, 3.63) is 11.7 Å². The van der Waals surface area contributed by atoms with E-state index < -0.39 is 0 Å². The zero-order valence-electron chi connectivity index (χ0n) is 7.78. The van der Waals surface area contributed by atoms with Gasteiger partial charge < -0.3 is 14.6 Å². The molecule has 0 amide bonds. The molecule has 2 rings (SSSR count). The third kappa shape index (κ3) is 1.87. The number of nitrogens with one attached hydrogen (secondary N) is 1. The quantitative estimate of drug-likeness (QED) is 0.684. The summed E-state index contributed by atoms with van der Waals surface area (Å²) in [4.78, 5) is 4.13. The number of ether oxygens (including phenoxy) is 1. The highest BCUT2D eigenvalue weighted by Gasteiger charge is 2.24. The van der Waals surface area contributed by atoms with Crippen molar-refractivity contribution in [2.75, 3.05) is 13.1 Å². The number of rotatable bonds is 1. The van der Waals surface area contributed by atoms with Crippen molar-refractivity contribution in [3.8, 4) is 0 Å². The van der Waals surface area contributed by atoms with Crippen molar-refractivity contribution in [2.45, 2.75) is 26.1 Å². The van der Waals surface area contributed by atoms with Crippen LogP contribution in [0.25, 0.3) is 0 Å². The van der Waals surface area contributed by atoms with E-state index in [1.54, 1.807) is 6.92 Å². The van der Waals surface area contributed by atoms with Crippen molar-refractivity contribution in [1.29, 1.82) is 0 Å². The van der Waals surface area contributed by atoms with E-state index in [9.17, 15) is 0 Å². The molecule has 1 aromatic rings. The molecule has 5 heteroatoms.